The Morgan fingerprint density at radius 2 is 2.00 bits per heavy atom. The molecule has 1 aromatic rings. The van der Waals surface area contributed by atoms with Crippen LogP contribution in [0.1, 0.15) is 0 Å². The molecule has 1 aromatic carbocycles. The van der Waals surface area contributed by atoms with Gasteiger partial charge in [0.1, 0.15) is 5.92 Å². The third-order valence-electron chi connectivity index (χ3n) is 2.52. The van der Waals surface area contributed by atoms with Crippen molar-refractivity contribution in [1.29, 1.82) is 0 Å². The van der Waals surface area contributed by atoms with Crippen molar-refractivity contribution in [2.24, 2.45) is 5.92 Å². The maximum Gasteiger partial charge on any atom is 0.401 e. The molecule has 3 nitrogen and oxygen atoms in total. The molecular weight excluding hydrogens is 292 g/mol. The van der Waals surface area contributed by atoms with Gasteiger partial charge < -0.3 is 0 Å². The van der Waals surface area contributed by atoms with Crippen LogP contribution in [0.4, 0.5) is 18.9 Å². The SMILES string of the molecule is O=C1C(C(F)(F)F)CNN1c1ccc(Cl)cc1Cl. The van der Waals surface area contributed by atoms with Gasteiger partial charge >= 0.3 is 6.18 Å². The third-order valence-corrected chi connectivity index (χ3v) is 3.06. The highest BCUT2D eigenvalue weighted by atomic mass is 35.5. The van der Waals surface area contributed by atoms with E-state index in [1.165, 1.54) is 18.2 Å². The van der Waals surface area contributed by atoms with Crippen LogP contribution >= 0.6 is 23.2 Å². The zero-order valence-electron chi connectivity index (χ0n) is 8.76. The van der Waals surface area contributed by atoms with Gasteiger partial charge in [0.15, 0.2) is 0 Å². The van der Waals surface area contributed by atoms with Crippen LogP contribution in [0.3, 0.4) is 0 Å². The molecule has 98 valence electrons. The molecule has 1 N–H and O–H groups in total. The molecular formula is C10H7Cl2F3N2O. The minimum absolute atomic E-state index is 0.103. The molecule has 18 heavy (non-hydrogen) atoms. The number of hydrazine groups is 1. The van der Waals surface area contributed by atoms with Gasteiger partial charge in [0.05, 0.1) is 10.7 Å². The fourth-order valence-corrected chi connectivity index (χ4v) is 2.12. The van der Waals surface area contributed by atoms with Crippen molar-refractivity contribution in [3.63, 3.8) is 0 Å². The summed E-state index contributed by atoms with van der Waals surface area (Å²) in [6.07, 6.45) is -4.57. The number of amides is 1. The lowest BCUT2D eigenvalue weighted by atomic mass is 10.1. The lowest BCUT2D eigenvalue weighted by molar-refractivity contribution is -0.174. The summed E-state index contributed by atoms with van der Waals surface area (Å²) in [6, 6.07) is 4.18. The summed E-state index contributed by atoms with van der Waals surface area (Å²) in [5.74, 6) is -3.13. The number of rotatable bonds is 1. The van der Waals surface area contributed by atoms with E-state index in [4.69, 9.17) is 23.2 Å². The zero-order valence-corrected chi connectivity index (χ0v) is 10.3. The Hall–Kier alpha value is -0.980. The number of carbonyl (C=O) groups excluding carboxylic acids is 1. The molecule has 0 aromatic heterocycles. The van der Waals surface area contributed by atoms with E-state index in [-0.39, 0.29) is 10.7 Å². The topological polar surface area (TPSA) is 32.3 Å². The van der Waals surface area contributed by atoms with Crippen LogP contribution in [0.15, 0.2) is 18.2 Å². The van der Waals surface area contributed by atoms with Crippen LogP contribution in [0.2, 0.25) is 10.0 Å². The van der Waals surface area contributed by atoms with E-state index in [1.54, 1.807) is 0 Å². The van der Waals surface area contributed by atoms with Crippen LogP contribution in [-0.2, 0) is 4.79 Å². The Kier molecular flexibility index (Phi) is 3.44. The highest BCUT2D eigenvalue weighted by molar-refractivity contribution is 6.36. The molecule has 0 saturated carbocycles. The van der Waals surface area contributed by atoms with E-state index in [1.807, 2.05) is 0 Å². The number of nitrogens with one attached hydrogen (secondary N) is 1. The number of carbonyl (C=O) groups is 1. The Labute approximate surface area is 110 Å². The number of benzene rings is 1. The van der Waals surface area contributed by atoms with Gasteiger partial charge in [-0.05, 0) is 18.2 Å². The summed E-state index contributed by atoms with van der Waals surface area (Å²) in [5.41, 5.74) is 2.53. The van der Waals surface area contributed by atoms with Crippen molar-refractivity contribution >= 4 is 34.8 Å². The summed E-state index contributed by atoms with van der Waals surface area (Å²) in [7, 11) is 0. The van der Waals surface area contributed by atoms with Crippen molar-refractivity contribution in [3.8, 4) is 0 Å². The number of nitrogens with zero attached hydrogens (tertiary/aromatic N) is 1. The fourth-order valence-electron chi connectivity index (χ4n) is 1.63. The molecule has 1 aliphatic heterocycles. The molecule has 1 saturated heterocycles. The lowest BCUT2D eigenvalue weighted by Crippen LogP contribution is -2.36. The van der Waals surface area contributed by atoms with E-state index in [9.17, 15) is 18.0 Å². The van der Waals surface area contributed by atoms with Crippen LogP contribution in [0, 0.1) is 5.92 Å². The highest BCUT2D eigenvalue weighted by Gasteiger charge is 2.50. The van der Waals surface area contributed by atoms with Crippen LogP contribution < -0.4 is 10.4 Å². The summed E-state index contributed by atoms with van der Waals surface area (Å²) >= 11 is 11.5. The second-order valence-electron chi connectivity index (χ2n) is 3.73. The van der Waals surface area contributed by atoms with E-state index in [2.05, 4.69) is 5.43 Å². The molecule has 1 fully saturated rings. The van der Waals surface area contributed by atoms with Crippen LogP contribution in [0.25, 0.3) is 0 Å². The monoisotopic (exact) mass is 298 g/mol. The van der Waals surface area contributed by atoms with E-state index in [0.29, 0.717) is 5.02 Å². The maximum atomic E-state index is 12.5. The molecule has 1 unspecified atom stereocenters. The largest absolute Gasteiger partial charge is 0.401 e. The van der Waals surface area contributed by atoms with E-state index < -0.39 is 24.5 Å². The highest BCUT2D eigenvalue weighted by Crippen LogP contribution is 2.35. The predicted molar refractivity (Wildman–Crippen MR) is 61.5 cm³/mol. The molecule has 1 aliphatic rings. The number of hydrogen-bond acceptors (Lipinski definition) is 2. The van der Waals surface area contributed by atoms with Crippen molar-refractivity contribution < 1.29 is 18.0 Å². The number of halogens is 5. The van der Waals surface area contributed by atoms with Crippen molar-refractivity contribution in [1.82, 2.24) is 5.43 Å². The van der Waals surface area contributed by atoms with Gasteiger partial charge in [0.2, 0.25) is 0 Å². The molecule has 2 rings (SSSR count). The summed E-state index contributed by atoms with van der Waals surface area (Å²) in [6.45, 7) is -0.499. The predicted octanol–water partition coefficient (Wildman–Crippen LogP) is 3.02. The average molecular weight is 299 g/mol. The van der Waals surface area contributed by atoms with Gasteiger partial charge in [-0.1, -0.05) is 23.2 Å². The Bertz CT molecular complexity index is 493. The fraction of sp³-hybridized carbons (Fsp3) is 0.300. The lowest BCUT2D eigenvalue weighted by Gasteiger charge is -2.18. The van der Waals surface area contributed by atoms with Gasteiger partial charge in [-0.3, -0.25) is 4.79 Å². The average Bonchev–Trinajstić information content (AvgIpc) is 2.60. The molecule has 0 spiro atoms. The molecule has 1 heterocycles. The molecule has 1 atom stereocenters. The van der Waals surface area contributed by atoms with E-state index >= 15 is 0 Å². The van der Waals surface area contributed by atoms with Gasteiger partial charge in [0.25, 0.3) is 5.91 Å². The standard InChI is InChI=1S/C10H7Cl2F3N2O/c11-5-1-2-8(7(12)3-5)17-9(18)6(4-16-17)10(13,14)15/h1-3,6,16H,4H2. The van der Waals surface area contributed by atoms with Crippen LogP contribution in [-0.4, -0.2) is 18.6 Å². The van der Waals surface area contributed by atoms with Crippen molar-refractivity contribution in [2.45, 2.75) is 6.18 Å². The molecule has 8 heteroatoms. The number of alkyl halides is 3. The first kappa shape index (κ1) is 13.5. The second-order valence-corrected chi connectivity index (χ2v) is 4.57. The van der Waals surface area contributed by atoms with Gasteiger partial charge in [-0.2, -0.15) is 13.2 Å². The maximum absolute atomic E-state index is 12.5. The Morgan fingerprint density at radius 1 is 1.33 bits per heavy atom. The minimum Gasteiger partial charge on any atom is -0.272 e. The summed E-state index contributed by atoms with van der Waals surface area (Å²) in [5, 5.41) is 1.24. The van der Waals surface area contributed by atoms with Gasteiger partial charge in [0, 0.05) is 11.6 Å². The summed E-state index contributed by atoms with van der Waals surface area (Å²) in [4.78, 5) is 11.6. The first-order chi connectivity index (χ1) is 8.30. The number of hydrogen-bond donors (Lipinski definition) is 1. The molecule has 0 radical (unpaired) electrons. The Balaban J connectivity index is 2.29. The van der Waals surface area contributed by atoms with Gasteiger partial charge in [-0.15, -0.1) is 0 Å². The molecule has 0 bridgehead atoms. The van der Waals surface area contributed by atoms with Crippen LogP contribution in [0.5, 0.6) is 0 Å². The smallest absolute Gasteiger partial charge is 0.272 e. The van der Waals surface area contributed by atoms with Crippen molar-refractivity contribution in [2.75, 3.05) is 11.6 Å². The number of anilines is 1. The zero-order chi connectivity index (χ0) is 13.5. The minimum atomic E-state index is -4.57. The first-order valence-electron chi connectivity index (χ1n) is 4.90. The van der Waals surface area contributed by atoms with Gasteiger partial charge in [-0.25, -0.2) is 10.4 Å². The quantitative estimate of drug-likeness (QED) is 0.864. The molecule has 0 aliphatic carbocycles. The second kappa shape index (κ2) is 4.60. The first-order valence-corrected chi connectivity index (χ1v) is 5.65. The van der Waals surface area contributed by atoms with E-state index in [0.717, 1.165) is 5.01 Å². The summed E-state index contributed by atoms with van der Waals surface area (Å²) < 4.78 is 37.6. The Morgan fingerprint density at radius 3 is 2.50 bits per heavy atom. The van der Waals surface area contributed by atoms with Crippen molar-refractivity contribution in [3.05, 3.63) is 28.2 Å². The third kappa shape index (κ3) is 2.41. The normalized spacial score (nSPS) is 20.6. The molecule has 1 amide bonds.